The summed E-state index contributed by atoms with van der Waals surface area (Å²) < 4.78 is 1.96. The van der Waals surface area contributed by atoms with Crippen molar-refractivity contribution >= 4 is 35.1 Å². The van der Waals surface area contributed by atoms with Crippen LogP contribution in [0.25, 0.3) is 5.69 Å². The van der Waals surface area contributed by atoms with Crippen molar-refractivity contribution in [2.75, 3.05) is 11.1 Å². The molecule has 5 nitrogen and oxygen atoms in total. The fourth-order valence-corrected chi connectivity index (χ4v) is 4.07. The molecule has 1 aliphatic heterocycles. The highest BCUT2D eigenvalue weighted by atomic mass is 35.5. The average molecular weight is 372 g/mol. The minimum atomic E-state index is -0.0901. The summed E-state index contributed by atoms with van der Waals surface area (Å²) in [5.41, 5.74) is 2.80. The Balaban J connectivity index is 1.86. The van der Waals surface area contributed by atoms with Gasteiger partial charge in [-0.05, 0) is 42.0 Å². The standard InChI is InChI=1S/C18H14ClN3O2S/c19-12-3-5-13(6-4-12)22-10-20-18-16(22)17(25-9-15(24)21-18)11-1-7-14(23)8-2-11/h1-8,10,17,23H,9H2,(H,21,24). The number of fused-ring (bicyclic) bond motifs is 1. The second-order valence-electron chi connectivity index (χ2n) is 5.66. The van der Waals surface area contributed by atoms with Gasteiger partial charge in [-0.25, -0.2) is 4.98 Å². The molecule has 0 radical (unpaired) electrons. The number of phenolic OH excluding ortho intramolecular Hbond substituents is 1. The molecule has 2 N–H and O–H groups in total. The van der Waals surface area contributed by atoms with Crippen LogP contribution in [0.2, 0.25) is 5.02 Å². The number of hydrogen-bond acceptors (Lipinski definition) is 4. The minimum Gasteiger partial charge on any atom is -0.508 e. The van der Waals surface area contributed by atoms with Gasteiger partial charge in [-0.2, -0.15) is 0 Å². The van der Waals surface area contributed by atoms with Gasteiger partial charge in [0.15, 0.2) is 5.82 Å². The Bertz CT molecular complexity index is 922. The molecule has 3 aromatic rings. The number of carbonyl (C=O) groups excluding carboxylic acids is 1. The van der Waals surface area contributed by atoms with Gasteiger partial charge in [0.05, 0.1) is 16.7 Å². The molecule has 0 saturated heterocycles. The predicted molar refractivity (Wildman–Crippen MR) is 99.6 cm³/mol. The number of nitrogens with one attached hydrogen (secondary N) is 1. The summed E-state index contributed by atoms with van der Waals surface area (Å²) in [6.07, 6.45) is 1.70. The van der Waals surface area contributed by atoms with Gasteiger partial charge in [-0.1, -0.05) is 23.7 Å². The molecule has 4 rings (SSSR count). The first-order valence-corrected chi connectivity index (χ1v) is 9.08. The summed E-state index contributed by atoms with van der Waals surface area (Å²) in [4.78, 5) is 16.4. The summed E-state index contributed by atoms with van der Waals surface area (Å²) in [5, 5.41) is 13.0. The van der Waals surface area contributed by atoms with E-state index in [2.05, 4.69) is 10.3 Å². The summed E-state index contributed by atoms with van der Waals surface area (Å²) >= 11 is 7.52. The highest BCUT2D eigenvalue weighted by molar-refractivity contribution is 8.00. The fraction of sp³-hybridized carbons (Fsp3) is 0.111. The molecule has 0 saturated carbocycles. The first kappa shape index (κ1) is 16.1. The molecule has 2 aromatic carbocycles. The molecule has 1 aliphatic rings. The molecular formula is C18H14ClN3O2S. The molecule has 1 aromatic heterocycles. The van der Waals surface area contributed by atoms with Crippen molar-refractivity contribution in [2.45, 2.75) is 5.25 Å². The van der Waals surface area contributed by atoms with Gasteiger partial charge in [-0.15, -0.1) is 11.8 Å². The van der Waals surface area contributed by atoms with Crippen LogP contribution in [0.3, 0.4) is 0 Å². The SMILES string of the molecule is O=C1CSC(c2ccc(O)cc2)c2c(ncn2-c2ccc(Cl)cc2)N1. The third-order valence-electron chi connectivity index (χ3n) is 3.99. The van der Waals surface area contributed by atoms with Crippen LogP contribution in [0.5, 0.6) is 5.75 Å². The van der Waals surface area contributed by atoms with Gasteiger partial charge in [0.2, 0.25) is 5.91 Å². The highest BCUT2D eigenvalue weighted by Gasteiger charge is 2.29. The average Bonchev–Trinajstić information content (AvgIpc) is 2.93. The fourth-order valence-electron chi connectivity index (χ4n) is 2.82. The zero-order valence-electron chi connectivity index (χ0n) is 13.0. The van der Waals surface area contributed by atoms with Gasteiger partial charge in [-0.3, -0.25) is 9.36 Å². The number of halogens is 1. The first-order chi connectivity index (χ1) is 12.1. The molecule has 0 bridgehead atoms. The van der Waals surface area contributed by atoms with Gasteiger partial charge in [0, 0.05) is 10.7 Å². The van der Waals surface area contributed by atoms with E-state index >= 15 is 0 Å². The van der Waals surface area contributed by atoms with Crippen molar-refractivity contribution in [3.63, 3.8) is 0 Å². The van der Waals surface area contributed by atoms with E-state index in [-0.39, 0.29) is 16.9 Å². The minimum absolute atomic E-state index is 0.0751. The Morgan fingerprint density at radius 3 is 2.60 bits per heavy atom. The van der Waals surface area contributed by atoms with E-state index in [0.29, 0.717) is 16.6 Å². The van der Waals surface area contributed by atoms with E-state index in [9.17, 15) is 9.90 Å². The number of aromatic hydroxyl groups is 1. The van der Waals surface area contributed by atoms with Crippen LogP contribution in [-0.2, 0) is 4.79 Å². The van der Waals surface area contributed by atoms with Gasteiger partial charge in [0.25, 0.3) is 0 Å². The number of nitrogens with zero attached hydrogens (tertiary/aromatic N) is 2. The van der Waals surface area contributed by atoms with Crippen molar-refractivity contribution < 1.29 is 9.90 Å². The number of amides is 1. The largest absolute Gasteiger partial charge is 0.508 e. The molecular weight excluding hydrogens is 358 g/mol. The quantitative estimate of drug-likeness (QED) is 0.714. The van der Waals surface area contributed by atoms with Crippen molar-refractivity contribution in [1.82, 2.24) is 9.55 Å². The summed E-state index contributed by atoms with van der Waals surface area (Å²) in [6.45, 7) is 0. The Morgan fingerprint density at radius 1 is 1.16 bits per heavy atom. The lowest BCUT2D eigenvalue weighted by Crippen LogP contribution is -2.12. The summed E-state index contributed by atoms with van der Waals surface area (Å²) in [6, 6.07) is 14.5. The predicted octanol–water partition coefficient (Wildman–Crippen LogP) is 4.01. The third-order valence-corrected chi connectivity index (χ3v) is 5.50. The Hall–Kier alpha value is -2.44. The number of phenols is 1. The number of benzene rings is 2. The lowest BCUT2D eigenvalue weighted by molar-refractivity contribution is -0.113. The summed E-state index contributed by atoms with van der Waals surface area (Å²) in [5.74, 6) is 1.03. The molecule has 126 valence electrons. The number of hydrogen-bond donors (Lipinski definition) is 2. The van der Waals surface area contributed by atoms with Crippen LogP contribution >= 0.6 is 23.4 Å². The number of anilines is 1. The van der Waals surface area contributed by atoms with Gasteiger partial charge in [0.1, 0.15) is 12.1 Å². The van der Waals surface area contributed by atoms with E-state index in [0.717, 1.165) is 16.9 Å². The van der Waals surface area contributed by atoms with Crippen molar-refractivity contribution in [3.05, 3.63) is 71.1 Å². The van der Waals surface area contributed by atoms with Crippen molar-refractivity contribution in [3.8, 4) is 11.4 Å². The molecule has 0 aliphatic carbocycles. The topological polar surface area (TPSA) is 67.1 Å². The lowest BCUT2D eigenvalue weighted by Gasteiger charge is -2.18. The molecule has 0 fully saturated rings. The van der Waals surface area contributed by atoms with Crippen LogP contribution in [0.15, 0.2) is 54.9 Å². The molecule has 1 unspecified atom stereocenters. The van der Waals surface area contributed by atoms with Gasteiger partial charge >= 0.3 is 0 Å². The maximum absolute atomic E-state index is 12.0. The number of rotatable bonds is 2. The van der Waals surface area contributed by atoms with Crippen LogP contribution < -0.4 is 5.32 Å². The number of thioether (sulfide) groups is 1. The van der Waals surface area contributed by atoms with E-state index < -0.39 is 0 Å². The van der Waals surface area contributed by atoms with Gasteiger partial charge < -0.3 is 10.4 Å². The number of imidazole rings is 1. The highest BCUT2D eigenvalue weighted by Crippen LogP contribution is 2.42. The first-order valence-electron chi connectivity index (χ1n) is 7.65. The van der Waals surface area contributed by atoms with E-state index in [1.54, 1.807) is 18.5 Å². The normalized spacial score (nSPS) is 16.8. The Morgan fingerprint density at radius 2 is 1.88 bits per heavy atom. The maximum Gasteiger partial charge on any atom is 0.235 e. The maximum atomic E-state index is 12.0. The van der Waals surface area contributed by atoms with Crippen molar-refractivity contribution in [1.29, 1.82) is 0 Å². The third kappa shape index (κ3) is 3.10. The lowest BCUT2D eigenvalue weighted by atomic mass is 10.1. The van der Waals surface area contributed by atoms with E-state index in [1.165, 1.54) is 11.8 Å². The molecule has 1 atom stereocenters. The smallest absolute Gasteiger partial charge is 0.235 e. The van der Waals surface area contributed by atoms with E-state index in [4.69, 9.17) is 11.6 Å². The van der Waals surface area contributed by atoms with E-state index in [1.807, 2.05) is 41.0 Å². The van der Waals surface area contributed by atoms with Crippen LogP contribution in [0.1, 0.15) is 16.5 Å². The zero-order valence-corrected chi connectivity index (χ0v) is 14.6. The zero-order chi connectivity index (χ0) is 17.4. The number of aromatic nitrogens is 2. The Labute approximate surface area is 153 Å². The second-order valence-corrected chi connectivity index (χ2v) is 7.19. The van der Waals surface area contributed by atoms with Crippen molar-refractivity contribution in [2.24, 2.45) is 0 Å². The van der Waals surface area contributed by atoms with Crippen LogP contribution in [0.4, 0.5) is 5.82 Å². The molecule has 0 spiro atoms. The molecule has 1 amide bonds. The van der Waals surface area contributed by atoms with Crippen LogP contribution in [-0.4, -0.2) is 26.3 Å². The molecule has 2 heterocycles. The second kappa shape index (κ2) is 6.46. The molecule has 25 heavy (non-hydrogen) atoms. The van der Waals surface area contributed by atoms with Crippen LogP contribution in [0, 0.1) is 0 Å². The monoisotopic (exact) mass is 371 g/mol. The number of carbonyl (C=O) groups is 1. The Kier molecular flexibility index (Phi) is 4.15. The summed E-state index contributed by atoms with van der Waals surface area (Å²) in [7, 11) is 0. The molecule has 7 heteroatoms.